The van der Waals surface area contributed by atoms with Crippen LogP contribution < -0.4 is 10.2 Å². The van der Waals surface area contributed by atoms with Crippen molar-refractivity contribution in [2.75, 3.05) is 25.1 Å². The summed E-state index contributed by atoms with van der Waals surface area (Å²) in [5.41, 5.74) is 5.26. The number of alkyl carbamates (subject to hydrolysis) is 1. The van der Waals surface area contributed by atoms with Gasteiger partial charge in [-0.2, -0.15) is 0 Å². The summed E-state index contributed by atoms with van der Waals surface area (Å²) in [6.45, 7) is 2.38. The van der Waals surface area contributed by atoms with Gasteiger partial charge in [-0.05, 0) is 46.4 Å². The number of rotatable bonds is 8. The molecule has 7 nitrogen and oxygen atoms in total. The summed E-state index contributed by atoms with van der Waals surface area (Å²) in [6.07, 6.45) is -0.328. The lowest BCUT2D eigenvalue weighted by molar-refractivity contribution is -0.119. The fourth-order valence-corrected chi connectivity index (χ4v) is 4.41. The Morgan fingerprint density at radius 3 is 2.23 bits per heavy atom. The quantitative estimate of drug-likeness (QED) is 0.486. The zero-order valence-electron chi connectivity index (χ0n) is 19.7. The second kappa shape index (κ2) is 10.4. The number of hydrogen-bond donors (Lipinski definition) is 2. The third-order valence-electron chi connectivity index (χ3n) is 6.32. The van der Waals surface area contributed by atoms with Gasteiger partial charge in [-0.3, -0.25) is 4.79 Å². The molecule has 0 saturated carbocycles. The number of amides is 2. The van der Waals surface area contributed by atoms with Crippen LogP contribution >= 0.6 is 0 Å². The van der Waals surface area contributed by atoms with Gasteiger partial charge in [0, 0.05) is 31.6 Å². The molecule has 1 atom stereocenters. The largest absolute Gasteiger partial charge is 0.478 e. The number of ether oxygens (including phenoxy) is 1. The second-order valence-electron chi connectivity index (χ2n) is 8.82. The zero-order chi connectivity index (χ0) is 24.9. The van der Waals surface area contributed by atoms with Crippen molar-refractivity contribution in [3.63, 3.8) is 0 Å². The first kappa shape index (κ1) is 24.0. The number of fused-ring (bicyclic) bond motifs is 3. The molecule has 180 valence electrons. The molecule has 35 heavy (non-hydrogen) atoms. The van der Waals surface area contributed by atoms with Crippen molar-refractivity contribution in [2.45, 2.75) is 19.3 Å². The number of carbonyl (C=O) groups is 3. The molecule has 1 unspecified atom stereocenters. The topological polar surface area (TPSA) is 95.9 Å². The number of nitrogens with one attached hydrogen (secondary N) is 1. The molecule has 3 aromatic rings. The number of aromatic carboxylic acids is 1. The van der Waals surface area contributed by atoms with Crippen LogP contribution in [0.4, 0.5) is 10.5 Å². The Balaban J connectivity index is 1.27. The highest BCUT2D eigenvalue weighted by atomic mass is 16.5. The van der Waals surface area contributed by atoms with Crippen molar-refractivity contribution in [1.29, 1.82) is 0 Å². The minimum atomic E-state index is -1.05. The molecule has 2 N–H and O–H groups in total. The van der Waals surface area contributed by atoms with Gasteiger partial charge in [-0.1, -0.05) is 61.5 Å². The Labute approximate surface area is 204 Å². The van der Waals surface area contributed by atoms with Crippen molar-refractivity contribution in [3.05, 3.63) is 89.5 Å². The second-order valence-corrected chi connectivity index (χ2v) is 8.82. The van der Waals surface area contributed by atoms with Crippen LogP contribution in [0.2, 0.25) is 0 Å². The highest BCUT2D eigenvalue weighted by Crippen LogP contribution is 2.44. The zero-order valence-corrected chi connectivity index (χ0v) is 19.7. The van der Waals surface area contributed by atoms with Crippen LogP contribution in [0.1, 0.15) is 40.7 Å². The van der Waals surface area contributed by atoms with Crippen LogP contribution in [-0.2, 0) is 9.53 Å². The fraction of sp³-hybridized carbons (Fsp3) is 0.250. The molecule has 0 fully saturated rings. The molecule has 0 bridgehead atoms. The summed E-state index contributed by atoms with van der Waals surface area (Å²) in [7, 11) is 1.61. The van der Waals surface area contributed by atoms with E-state index in [0.29, 0.717) is 5.69 Å². The molecule has 0 aromatic heterocycles. The highest BCUT2D eigenvalue weighted by Gasteiger charge is 2.29. The van der Waals surface area contributed by atoms with Gasteiger partial charge in [0.1, 0.15) is 6.61 Å². The third-order valence-corrected chi connectivity index (χ3v) is 6.32. The Kier molecular flexibility index (Phi) is 7.15. The summed E-state index contributed by atoms with van der Waals surface area (Å²) < 4.78 is 5.55. The van der Waals surface area contributed by atoms with Crippen LogP contribution in [0.3, 0.4) is 0 Å². The number of carboxylic acids is 1. The lowest BCUT2D eigenvalue weighted by atomic mass is 9.98. The van der Waals surface area contributed by atoms with Gasteiger partial charge in [0.05, 0.1) is 5.56 Å². The van der Waals surface area contributed by atoms with E-state index in [0.717, 1.165) is 11.1 Å². The van der Waals surface area contributed by atoms with Crippen LogP contribution in [0.5, 0.6) is 0 Å². The van der Waals surface area contributed by atoms with Gasteiger partial charge in [-0.15, -0.1) is 0 Å². The van der Waals surface area contributed by atoms with Crippen molar-refractivity contribution in [1.82, 2.24) is 5.32 Å². The Hall–Kier alpha value is -4.13. The fourth-order valence-electron chi connectivity index (χ4n) is 4.41. The number of anilines is 1. The molecule has 0 aliphatic heterocycles. The average Bonchev–Trinajstić information content (AvgIpc) is 3.19. The van der Waals surface area contributed by atoms with Crippen molar-refractivity contribution in [3.8, 4) is 11.1 Å². The first-order valence-electron chi connectivity index (χ1n) is 11.5. The van der Waals surface area contributed by atoms with Gasteiger partial charge in [0.15, 0.2) is 0 Å². The van der Waals surface area contributed by atoms with E-state index in [1.807, 2.05) is 31.2 Å². The molecule has 4 rings (SSSR count). The molecular weight excluding hydrogens is 444 g/mol. The van der Waals surface area contributed by atoms with Crippen molar-refractivity contribution >= 4 is 23.7 Å². The average molecular weight is 473 g/mol. The molecule has 0 radical (unpaired) electrons. The van der Waals surface area contributed by atoms with E-state index in [9.17, 15) is 14.4 Å². The van der Waals surface area contributed by atoms with Crippen LogP contribution in [-0.4, -0.2) is 43.3 Å². The van der Waals surface area contributed by atoms with Gasteiger partial charge in [0.25, 0.3) is 0 Å². The number of carbonyl (C=O) groups excluding carboxylic acids is 2. The number of hydrogen-bond acceptors (Lipinski definition) is 4. The normalized spacial score (nSPS) is 12.9. The standard InChI is InChI=1S/C28H28N2O5/c1-18(14-26(31)30(2)20-9-7-8-19(15-20)27(32)33)16-29-28(34)35-17-25-23-12-5-3-10-21(23)22-11-4-6-13-24(22)25/h3-13,15,18,25H,14,16-17H2,1-2H3,(H,29,34)(H,32,33). The van der Waals surface area contributed by atoms with Gasteiger partial charge < -0.3 is 20.1 Å². The lowest BCUT2D eigenvalue weighted by Gasteiger charge is -2.20. The summed E-state index contributed by atoms with van der Waals surface area (Å²) in [5.74, 6) is -1.36. The van der Waals surface area contributed by atoms with E-state index < -0.39 is 12.1 Å². The van der Waals surface area contributed by atoms with Crippen LogP contribution in [0.15, 0.2) is 72.8 Å². The molecule has 0 saturated heterocycles. The molecule has 0 spiro atoms. The minimum absolute atomic E-state index is 0.0117. The number of nitrogens with zero attached hydrogens (tertiary/aromatic N) is 1. The molecule has 2 amide bonds. The van der Waals surface area contributed by atoms with Gasteiger partial charge in [-0.25, -0.2) is 9.59 Å². The Morgan fingerprint density at radius 1 is 0.971 bits per heavy atom. The summed E-state index contributed by atoms with van der Waals surface area (Å²) in [4.78, 5) is 37.6. The maximum absolute atomic E-state index is 12.6. The predicted octanol–water partition coefficient (Wildman–Crippen LogP) is 4.91. The maximum Gasteiger partial charge on any atom is 0.407 e. The molecule has 3 aromatic carbocycles. The number of carboxylic acid groups (broad SMARTS) is 1. The highest BCUT2D eigenvalue weighted by molar-refractivity contribution is 5.95. The van der Waals surface area contributed by atoms with E-state index in [1.54, 1.807) is 19.2 Å². The third kappa shape index (κ3) is 5.35. The van der Waals surface area contributed by atoms with Gasteiger partial charge in [0.2, 0.25) is 5.91 Å². The van der Waals surface area contributed by atoms with E-state index in [1.165, 1.54) is 28.2 Å². The minimum Gasteiger partial charge on any atom is -0.478 e. The smallest absolute Gasteiger partial charge is 0.407 e. The maximum atomic E-state index is 12.6. The first-order valence-corrected chi connectivity index (χ1v) is 11.5. The van der Waals surface area contributed by atoms with Crippen LogP contribution in [0.25, 0.3) is 11.1 Å². The monoisotopic (exact) mass is 472 g/mol. The predicted molar refractivity (Wildman–Crippen MR) is 134 cm³/mol. The first-order chi connectivity index (χ1) is 16.8. The Bertz CT molecular complexity index is 1210. The summed E-state index contributed by atoms with van der Waals surface area (Å²) >= 11 is 0. The lowest BCUT2D eigenvalue weighted by Crippen LogP contribution is -2.33. The van der Waals surface area contributed by atoms with E-state index in [4.69, 9.17) is 9.84 Å². The van der Waals surface area contributed by atoms with Gasteiger partial charge >= 0.3 is 12.1 Å². The summed E-state index contributed by atoms with van der Waals surface area (Å²) in [6, 6.07) is 22.5. The van der Waals surface area contributed by atoms with Crippen molar-refractivity contribution in [2.24, 2.45) is 5.92 Å². The summed E-state index contributed by atoms with van der Waals surface area (Å²) in [5, 5.41) is 11.9. The molecular formula is C28H28N2O5. The molecule has 7 heteroatoms. The van der Waals surface area contributed by atoms with Crippen molar-refractivity contribution < 1.29 is 24.2 Å². The Morgan fingerprint density at radius 2 is 1.60 bits per heavy atom. The molecule has 1 aliphatic rings. The molecule has 0 heterocycles. The molecule has 1 aliphatic carbocycles. The van der Waals surface area contributed by atoms with E-state index in [2.05, 4.69) is 29.6 Å². The van der Waals surface area contributed by atoms with E-state index >= 15 is 0 Å². The number of benzene rings is 3. The van der Waals surface area contributed by atoms with Crippen LogP contribution in [0, 0.1) is 5.92 Å². The van der Waals surface area contributed by atoms with E-state index in [-0.39, 0.29) is 42.9 Å². The SMILES string of the molecule is CC(CNC(=O)OCC1c2ccccc2-c2ccccc21)CC(=O)N(C)c1cccc(C(=O)O)c1.